The van der Waals surface area contributed by atoms with Gasteiger partial charge in [0.1, 0.15) is 0 Å². The van der Waals surface area contributed by atoms with Gasteiger partial charge < -0.3 is 15.4 Å². The predicted octanol–water partition coefficient (Wildman–Crippen LogP) is 4.26. The van der Waals surface area contributed by atoms with Gasteiger partial charge in [-0.3, -0.25) is 4.90 Å². The van der Waals surface area contributed by atoms with E-state index in [1.54, 1.807) is 0 Å². The largest absolute Gasteiger partial charge is 0.393 e. The number of aliphatic hydroxyl groups excluding tert-OH is 1. The maximum Gasteiger partial charge on any atom is 0.0583 e. The van der Waals surface area contributed by atoms with Crippen LogP contribution < -0.4 is 5.32 Å². The summed E-state index contributed by atoms with van der Waals surface area (Å²) in [7, 11) is 0. The van der Waals surface area contributed by atoms with Crippen molar-refractivity contribution in [2.24, 2.45) is 17.8 Å². The maximum absolute atomic E-state index is 10.9. The number of nitrogens with zero attached hydrogens (tertiary/aromatic N) is 1. The number of para-hydroxylation sites is 1. The number of nitrogens with one attached hydrogen (secondary N) is 2. The van der Waals surface area contributed by atoms with E-state index in [4.69, 9.17) is 0 Å². The van der Waals surface area contributed by atoms with Crippen molar-refractivity contribution in [1.29, 1.82) is 0 Å². The zero-order valence-corrected chi connectivity index (χ0v) is 18.1. The molecule has 1 aliphatic carbocycles. The van der Waals surface area contributed by atoms with Crippen LogP contribution in [0.2, 0.25) is 0 Å². The average Bonchev–Trinajstić information content (AvgIpc) is 3.19. The van der Waals surface area contributed by atoms with Crippen LogP contribution in [0.4, 0.5) is 0 Å². The van der Waals surface area contributed by atoms with Crippen LogP contribution in [0.5, 0.6) is 0 Å². The van der Waals surface area contributed by atoms with E-state index in [2.05, 4.69) is 69.8 Å². The third-order valence-electron chi connectivity index (χ3n) is 8.27. The molecular weight excluding hydrogens is 382 g/mol. The molecule has 2 fully saturated rings. The van der Waals surface area contributed by atoms with Crippen molar-refractivity contribution in [2.75, 3.05) is 19.6 Å². The second-order valence-electron chi connectivity index (χ2n) is 9.91. The van der Waals surface area contributed by atoms with Gasteiger partial charge in [0.2, 0.25) is 0 Å². The molecule has 1 saturated carbocycles. The molecule has 3 N–H and O–H groups in total. The zero-order valence-electron chi connectivity index (χ0n) is 18.1. The van der Waals surface area contributed by atoms with Crippen molar-refractivity contribution in [1.82, 2.24) is 15.2 Å². The van der Waals surface area contributed by atoms with Crippen LogP contribution in [0.15, 0.2) is 54.6 Å². The molecule has 0 unspecified atom stereocenters. The Labute approximate surface area is 184 Å². The van der Waals surface area contributed by atoms with Gasteiger partial charge in [-0.2, -0.15) is 0 Å². The smallest absolute Gasteiger partial charge is 0.0583 e. The molecule has 5 atom stereocenters. The summed E-state index contributed by atoms with van der Waals surface area (Å²) in [6.07, 6.45) is 4.26. The minimum Gasteiger partial charge on any atom is -0.393 e. The molecular formula is C27H33N3O. The van der Waals surface area contributed by atoms with E-state index in [0.717, 1.165) is 25.9 Å². The molecule has 1 aromatic heterocycles. The first-order chi connectivity index (χ1) is 15.3. The fourth-order valence-electron chi connectivity index (χ4n) is 6.72. The van der Waals surface area contributed by atoms with E-state index in [1.807, 2.05) is 0 Å². The van der Waals surface area contributed by atoms with Gasteiger partial charge in [-0.05, 0) is 54.7 Å². The van der Waals surface area contributed by atoms with Crippen LogP contribution >= 0.6 is 0 Å². The molecule has 0 radical (unpaired) electrons. The van der Waals surface area contributed by atoms with Crippen LogP contribution in [0, 0.1) is 17.8 Å². The van der Waals surface area contributed by atoms with Crippen molar-refractivity contribution < 1.29 is 5.11 Å². The molecule has 1 saturated heterocycles. The summed E-state index contributed by atoms with van der Waals surface area (Å²) < 4.78 is 0. The van der Waals surface area contributed by atoms with E-state index in [1.165, 1.54) is 53.7 Å². The van der Waals surface area contributed by atoms with Gasteiger partial charge in [0, 0.05) is 48.7 Å². The second-order valence-corrected chi connectivity index (χ2v) is 9.91. The Morgan fingerprint density at radius 3 is 2.77 bits per heavy atom. The quantitative estimate of drug-likeness (QED) is 0.597. The maximum atomic E-state index is 10.9. The number of hydrogen-bond acceptors (Lipinski definition) is 3. The summed E-state index contributed by atoms with van der Waals surface area (Å²) in [6.45, 7) is 4.14. The third kappa shape index (κ3) is 3.51. The number of H-pyrrole nitrogens is 1. The highest BCUT2D eigenvalue weighted by Crippen LogP contribution is 2.48. The molecule has 3 heterocycles. The molecule has 0 amide bonds. The second kappa shape index (κ2) is 8.09. The Hall–Kier alpha value is -2.14. The first-order valence-corrected chi connectivity index (χ1v) is 12.0. The highest BCUT2D eigenvalue weighted by molar-refractivity contribution is 5.85. The number of fused-ring (bicyclic) bond motifs is 6. The fourth-order valence-corrected chi connectivity index (χ4v) is 6.72. The lowest BCUT2D eigenvalue weighted by molar-refractivity contribution is -0.0551. The number of aromatic amines is 1. The van der Waals surface area contributed by atoms with E-state index in [0.29, 0.717) is 23.8 Å². The van der Waals surface area contributed by atoms with Gasteiger partial charge in [-0.1, -0.05) is 48.5 Å². The third-order valence-corrected chi connectivity index (χ3v) is 8.27. The first kappa shape index (κ1) is 19.5. The van der Waals surface area contributed by atoms with Gasteiger partial charge in [0.15, 0.2) is 0 Å². The van der Waals surface area contributed by atoms with Crippen molar-refractivity contribution in [3.8, 4) is 0 Å². The number of aromatic nitrogens is 1. The minimum absolute atomic E-state index is 0.179. The summed E-state index contributed by atoms with van der Waals surface area (Å²) in [5.41, 5.74) is 5.57. The van der Waals surface area contributed by atoms with Crippen LogP contribution in [0.25, 0.3) is 10.9 Å². The van der Waals surface area contributed by atoms with Gasteiger partial charge in [0.25, 0.3) is 0 Å². The number of piperidine rings is 1. The summed E-state index contributed by atoms with van der Waals surface area (Å²) in [5, 5.41) is 16.0. The monoisotopic (exact) mass is 415 g/mol. The van der Waals surface area contributed by atoms with Crippen LogP contribution in [0.3, 0.4) is 0 Å². The lowest BCUT2D eigenvalue weighted by Crippen LogP contribution is -2.53. The summed E-state index contributed by atoms with van der Waals surface area (Å²) in [6, 6.07) is 19.8. The Kier molecular flexibility index (Phi) is 5.10. The van der Waals surface area contributed by atoms with E-state index >= 15 is 0 Å². The molecule has 2 aromatic carbocycles. The molecule has 3 aromatic rings. The number of benzene rings is 2. The topological polar surface area (TPSA) is 51.3 Å². The number of hydrogen-bond donors (Lipinski definition) is 3. The lowest BCUT2D eigenvalue weighted by Gasteiger charge is -2.51. The summed E-state index contributed by atoms with van der Waals surface area (Å²) in [4.78, 5) is 6.51. The van der Waals surface area contributed by atoms with Gasteiger partial charge in [-0.15, -0.1) is 0 Å². The van der Waals surface area contributed by atoms with E-state index in [9.17, 15) is 5.11 Å². The molecule has 0 spiro atoms. The summed E-state index contributed by atoms with van der Waals surface area (Å²) >= 11 is 0. The fraction of sp³-hybridized carbons (Fsp3) is 0.481. The normalized spacial score (nSPS) is 30.5. The highest BCUT2D eigenvalue weighted by Gasteiger charge is 2.46. The Morgan fingerprint density at radius 2 is 1.87 bits per heavy atom. The molecule has 31 heavy (non-hydrogen) atoms. The van der Waals surface area contributed by atoms with Crippen molar-refractivity contribution in [2.45, 2.75) is 44.4 Å². The van der Waals surface area contributed by atoms with Crippen LogP contribution in [0.1, 0.15) is 42.1 Å². The highest BCUT2D eigenvalue weighted by atomic mass is 16.3. The summed E-state index contributed by atoms with van der Waals surface area (Å²) in [5.74, 6) is 1.65. The minimum atomic E-state index is -0.179. The molecule has 0 bridgehead atoms. The molecule has 2 aliphatic heterocycles. The lowest BCUT2D eigenvalue weighted by atomic mass is 9.65. The average molecular weight is 416 g/mol. The van der Waals surface area contributed by atoms with Crippen molar-refractivity contribution in [3.63, 3.8) is 0 Å². The van der Waals surface area contributed by atoms with E-state index < -0.39 is 0 Å². The predicted molar refractivity (Wildman–Crippen MR) is 125 cm³/mol. The Balaban J connectivity index is 1.23. The van der Waals surface area contributed by atoms with Crippen molar-refractivity contribution >= 4 is 10.9 Å². The number of aliphatic hydroxyl groups is 1. The van der Waals surface area contributed by atoms with Crippen LogP contribution in [-0.4, -0.2) is 40.7 Å². The Bertz CT molecular complexity index is 1050. The van der Waals surface area contributed by atoms with Gasteiger partial charge >= 0.3 is 0 Å². The molecule has 4 heteroatoms. The van der Waals surface area contributed by atoms with Gasteiger partial charge in [-0.25, -0.2) is 0 Å². The van der Waals surface area contributed by atoms with E-state index in [-0.39, 0.29) is 6.10 Å². The van der Waals surface area contributed by atoms with Crippen LogP contribution in [-0.2, 0) is 13.0 Å². The Morgan fingerprint density at radius 1 is 1.03 bits per heavy atom. The molecule has 6 rings (SSSR count). The molecule has 162 valence electrons. The van der Waals surface area contributed by atoms with Gasteiger partial charge in [0.05, 0.1) is 12.1 Å². The number of rotatable bonds is 4. The standard InChI is InChI=1S/C27H33N3O/c31-26-11-10-19-17-30-13-12-21-20-8-4-5-9-24(20)29-27(21)25(30)14-22(19)23(26)16-28-15-18-6-2-1-3-7-18/h1-9,19,22-23,25-26,28-29,31H,10-17H2/t19-,22-,23+,25+,26-/m0/s1. The zero-order chi connectivity index (χ0) is 20.8. The SMILES string of the molecule is O[C@H]1CC[C@H]2CN3CCc4c([nH]c5ccccc45)[C@H]3C[C@@H]2[C@H]1CNCc1ccccc1. The molecule has 4 nitrogen and oxygen atoms in total. The van der Waals surface area contributed by atoms with Crippen molar-refractivity contribution in [3.05, 3.63) is 71.4 Å². The first-order valence-electron chi connectivity index (χ1n) is 12.0. The molecule has 3 aliphatic rings.